The Morgan fingerprint density at radius 3 is 2.52 bits per heavy atom. The van der Waals surface area contributed by atoms with Crippen molar-refractivity contribution in [3.05, 3.63) is 60.7 Å². The summed E-state index contributed by atoms with van der Waals surface area (Å²) in [6.07, 6.45) is 0.977. The van der Waals surface area contributed by atoms with Crippen LogP contribution in [-0.4, -0.2) is 24.5 Å². The first-order chi connectivity index (χ1) is 11.3. The first kappa shape index (κ1) is 15.7. The van der Waals surface area contributed by atoms with E-state index in [0.29, 0.717) is 6.61 Å². The van der Waals surface area contributed by atoms with Gasteiger partial charge in [-0.15, -0.1) is 11.8 Å². The summed E-state index contributed by atoms with van der Waals surface area (Å²) in [6, 6.07) is 20.1. The van der Waals surface area contributed by atoms with Crippen molar-refractivity contribution >= 4 is 22.7 Å². The number of hydrogen-bond acceptors (Lipinski definition) is 4. The Balaban J connectivity index is 1.43. The summed E-state index contributed by atoms with van der Waals surface area (Å²) in [5.41, 5.74) is 1.05. The number of methoxy groups -OCH3 is 1. The molecule has 0 amide bonds. The van der Waals surface area contributed by atoms with Gasteiger partial charge in [-0.3, -0.25) is 0 Å². The highest BCUT2D eigenvalue weighted by Gasteiger charge is 2.00. The molecule has 0 N–H and O–H groups in total. The second kappa shape index (κ2) is 7.88. The van der Waals surface area contributed by atoms with Crippen LogP contribution < -0.4 is 9.47 Å². The molecule has 0 unspecified atom stereocenters. The van der Waals surface area contributed by atoms with E-state index in [1.807, 2.05) is 42.5 Å². The average Bonchev–Trinajstić information content (AvgIpc) is 2.62. The highest BCUT2D eigenvalue weighted by Crippen LogP contribution is 2.21. The standard InChI is InChI=1S/C19H19NO2S/c1-21-16-8-10-17(11-9-16)22-13-4-14-23-19-12-7-15-5-2-3-6-18(15)20-19/h2-3,5-12H,4,13-14H2,1H3. The van der Waals surface area contributed by atoms with Gasteiger partial charge in [0.15, 0.2) is 0 Å². The van der Waals surface area contributed by atoms with Crippen LogP contribution in [0.4, 0.5) is 0 Å². The van der Waals surface area contributed by atoms with Crippen LogP contribution in [0.3, 0.4) is 0 Å². The van der Waals surface area contributed by atoms with Crippen LogP contribution in [0.25, 0.3) is 10.9 Å². The zero-order chi connectivity index (χ0) is 15.9. The lowest BCUT2D eigenvalue weighted by Crippen LogP contribution is -1.98. The van der Waals surface area contributed by atoms with Crippen LogP contribution in [0, 0.1) is 0 Å². The third kappa shape index (κ3) is 4.39. The summed E-state index contributed by atoms with van der Waals surface area (Å²) in [7, 11) is 1.66. The van der Waals surface area contributed by atoms with Gasteiger partial charge >= 0.3 is 0 Å². The third-order valence-corrected chi connectivity index (χ3v) is 4.46. The maximum Gasteiger partial charge on any atom is 0.119 e. The summed E-state index contributed by atoms with van der Waals surface area (Å²) >= 11 is 1.77. The predicted octanol–water partition coefficient (Wildman–Crippen LogP) is 4.80. The minimum absolute atomic E-state index is 0.701. The summed E-state index contributed by atoms with van der Waals surface area (Å²) in [6.45, 7) is 0.701. The molecule has 2 aromatic carbocycles. The number of pyridine rings is 1. The van der Waals surface area contributed by atoms with Crippen molar-refractivity contribution in [2.45, 2.75) is 11.4 Å². The highest BCUT2D eigenvalue weighted by molar-refractivity contribution is 7.99. The molecule has 0 saturated carbocycles. The lowest BCUT2D eigenvalue weighted by molar-refractivity contribution is 0.318. The molecule has 1 aromatic heterocycles. The van der Waals surface area contributed by atoms with Gasteiger partial charge in [-0.1, -0.05) is 24.3 Å². The largest absolute Gasteiger partial charge is 0.497 e. The molecular formula is C19H19NO2S. The van der Waals surface area contributed by atoms with E-state index in [4.69, 9.17) is 9.47 Å². The molecule has 0 spiro atoms. The minimum Gasteiger partial charge on any atom is -0.497 e. The summed E-state index contributed by atoms with van der Waals surface area (Å²) < 4.78 is 10.9. The number of thioether (sulfide) groups is 1. The van der Waals surface area contributed by atoms with Gasteiger partial charge < -0.3 is 9.47 Å². The Labute approximate surface area is 140 Å². The van der Waals surface area contributed by atoms with Crippen molar-refractivity contribution in [1.82, 2.24) is 4.98 Å². The van der Waals surface area contributed by atoms with Gasteiger partial charge in [-0.05, 0) is 42.8 Å². The molecule has 3 nitrogen and oxygen atoms in total. The Morgan fingerprint density at radius 1 is 0.913 bits per heavy atom. The molecule has 0 atom stereocenters. The lowest BCUT2D eigenvalue weighted by Gasteiger charge is -2.07. The normalized spacial score (nSPS) is 10.7. The van der Waals surface area contributed by atoms with Crippen molar-refractivity contribution in [1.29, 1.82) is 0 Å². The van der Waals surface area contributed by atoms with E-state index < -0.39 is 0 Å². The van der Waals surface area contributed by atoms with Gasteiger partial charge in [-0.25, -0.2) is 4.98 Å². The first-order valence-electron chi connectivity index (χ1n) is 7.60. The maximum absolute atomic E-state index is 5.72. The fourth-order valence-corrected chi connectivity index (χ4v) is 3.02. The Morgan fingerprint density at radius 2 is 1.70 bits per heavy atom. The summed E-state index contributed by atoms with van der Waals surface area (Å²) in [4.78, 5) is 4.66. The molecule has 0 saturated heterocycles. The van der Waals surface area contributed by atoms with Gasteiger partial charge in [0.1, 0.15) is 11.5 Å². The second-order valence-electron chi connectivity index (χ2n) is 5.07. The summed E-state index contributed by atoms with van der Waals surface area (Å²) in [5, 5.41) is 2.24. The molecule has 118 valence electrons. The zero-order valence-corrected chi connectivity index (χ0v) is 13.9. The van der Waals surface area contributed by atoms with Crippen LogP contribution in [0.2, 0.25) is 0 Å². The number of para-hydroxylation sites is 1. The number of aromatic nitrogens is 1. The number of fused-ring (bicyclic) bond motifs is 1. The van der Waals surface area contributed by atoms with Crippen molar-refractivity contribution < 1.29 is 9.47 Å². The van der Waals surface area contributed by atoms with Crippen LogP contribution in [-0.2, 0) is 0 Å². The number of benzene rings is 2. The lowest BCUT2D eigenvalue weighted by atomic mass is 10.2. The number of rotatable bonds is 7. The molecule has 0 radical (unpaired) electrons. The van der Waals surface area contributed by atoms with E-state index in [1.54, 1.807) is 18.9 Å². The van der Waals surface area contributed by atoms with E-state index in [9.17, 15) is 0 Å². The smallest absolute Gasteiger partial charge is 0.119 e. The summed E-state index contributed by atoms with van der Waals surface area (Å²) in [5.74, 6) is 2.71. The number of hydrogen-bond donors (Lipinski definition) is 0. The van der Waals surface area contributed by atoms with Crippen LogP contribution in [0.1, 0.15) is 6.42 Å². The highest BCUT2D eigenvalue weighted by atomic mass is 32.2. The van der Waals surface area contributed by atoms with Crippen molar-refractivity contribution in [2.75, 3.05) is 19.5 Å². The average molecular weight is 325 g/mol. The van der Waals surface area contributed by atoms with E-state index >= 15 is 0 Å². The van der Waals surface area contributed by atoms with Gasteiger partial charge in [0.2, 0.25) is 0 Å². The van der Waals surface area contributed by atoms with E-state index in [-0.39, 0.29) is 0 Å². The maximum atomic E-state index is 5.72. The minimum atomic E-state index is 0.701. The second-order valence-corrected chi connectivity index (χ2v) is 6.18. The van der Waals surface area contributed by atoms with E-state index in [2.05, 4.69) is 23.2 Å². The first-order valence-corrected chi connectivity index (χ1v) is 8.59. The molecule has 0 aliphatic heterocycles. The van der Waals surface area contributed by atoms with Gasteiger partial charge in [0.25, 0.3) is 0 Å². The molecule has 3 aromatic rings. The fraction of sp³-hybridized carbons (Fsp3) is 0.211. The quantitative estimate of drug-likeness (QED) is 0.461. The monoisotopic (exact) mass is 325 g/mol. The van der Waals surface area contributed by atoms with Crippen molar-refractivity contribution in [3.63, 3.8) is 0 Å². The molecular weight excluding hydrogens is 306 g/mol. The number of ether oxygens (including phenoxy) is 2. The molecule has 0 fully saturated rings. The zero-order valence-electron chi connectivity index (χ0n) is 13.1. The predicted molar refractivity (Wildman–Crippen MR) is 95.6 cm³/mol. The molecule has 23 heavy (non-hydrogen) atoms. The Hall–Kier alpha value is -2.20. The molecule has 0 aliphatic carbocycles. The third-order valence-electron chi connectivity index (χ3n) is 3.44. The Kier molecular flexibility index (Phi) is 5.37. The van der Waals surface area contributed by atoms with Gasteiger partial charge in [0, 0.05) is 11.1 Å². The molecule has 3 rings (SSSR count). The molecule has 4 heteroatoms. The topological polar surface area (TPSA) is 31.4 Å². The van der Waals surface area contributed by atoms with Crippen molar-refractivity contribution in [2.24, 2.45) is 0 Å². The molecule has 1 heterocycles. The van der Waals surface area contributed by atoms with Crippen LogP contribution >= 0.6 is 11.8 Å². The van der Waals surface area contributed by atoms with Gasteiger partial charge in [0.05, 0.1) is 24.3 Å². The van der Waals surface area contributed by atoms with Crippen LogP contribution in [0.15, 0.2) is 65.7 Å². The molecule has 0 bridgehead atoms. The van der Waals surface area contributed by atoms with E-state index in [0.717, 1.165) is 34.2 Å². The van der Waals surface area contributed by atoms with E-state index in [1.165, 1.54) is 5.39 Å². The van der Waals surface area contributed by atoms with Crippen LogP contribution in [0.5, 0.6) is 11.5 Å². The Bertz CT molecular complexity index is 759. The van der Waals surface area contributed by atoms with Crippen molar-refractivity contribution in [3.8, 4) is 11.5 Å². The molecule has 0 aliphatic rings. The number of nitrogens with zero attached hydrogens (tertiary/aromatic N) is 1. The fourth-order valence-electron chi connectivity index (χ4n) is 2.23. The van der Waals surface area contributed by atoms with Gasteiger partial charge in [-0.2, -0.15) is 0 Å². The SMILES string of the molecule is COc1ccc(OCCCSc2ccc3ccccc3n2)cc1.